The summed E-state index contributed by atoms with van der Waals surface area (Å²) in [5, 5.41) is 3.53. The molecule has 20 heavy (non-hydrogen) atoms. The molecule has 110 valence electrons. The Hall–Kier alpha value is -1.09. The number of hydrogen-bond acceptors (Lipinski definition) is 3. The third-order valence-corrected chi connectivity index (χ3v) is 4.87. The van der Waals surface area contributed by atoms with Crippen LogP contribution in [-0.2, 0) is 6.54 Å². The topological polar surface area (TPSA) is 28.2 Å². The molecule has 0 radical (unpaired) electrons. The van der Waals surface area contributed by atoms with Gasteiger partial charge in [0.1, 0.15) is 0 Å². The van der Waals surface area contributed by atoms with Crippen molar-refractivity contribution in [3.05, 3.63) is 23.5 Å². The van der Waals surface area contributed by atoms with Crippen LogP contribution in [0.4, 0.5) is 5.69 Å². The Labute approximate surface area is 122 Å². The van der Waals surface area contributed by atoms with Gasteiger partial charge >= 0.3 is 0 Å². The molecule has 2 heterocycles. The molecule has 1 aliphatic carbocycles. The predicted molar refractivity (Wildman–Crippen MR) is 84.0 cm³/mol. The number of hydrogen-bond donors (Lipinski definition) is 1. The molecule has 0 bridgehead atoms. The number of anilines is 1. The summed E-state index contributed by atoms with van der Waals surface area (Å²) >= 11 is 0. The molecule has 3 nitrogen and oxygen atoms in total. The van der Waals surface area contributed by atoms with Gasteiger partial charge in [-0.05, 0) is 37.7 Å². The molecule has 0 amide bonds. The van der Waals surface area contributed by atoms with Crippen molar-refractivity contribution < 1.29 is 0 Å². The second-order valence-electron chi connectivity index (χ2n) is 6.85. The Morgan fingerprint density at radius 3 is 2.65 bits per heavy atom. The number of nitrogens with zero attached hydrogens (tertiary/aromatic N) is 2. The van der Waals surface area contributed by atoms with Gasteiger partial charge in [0.15, 0.2) is 0 Å². The highest BCUT2D eigenvalue weighted by Crippen LogP contribution is 2.40. The van der Waals surface area contributed by atoms with E-state index in [1.807, 2.05) is 0 Å². The highest BCUT2D eigenvalue weighted by Gasteiger charge is 2.36. The van der Waals surface area contributed by atoms with Crippen LogP contribution < -0.4 is 10.2 Å². The number of pyridine rings is 1. The van der Waals surface area contributed by atoms with E-state index in [1.54, 1.807) is 0 Å². The summed E-state index contributed by atoms with van der Waals surface area (Å²) in [5.41, 5.74) is 3.90. The lowest BCUT2D eigenvalue weighted by molar-refractivity contribution is 0.494. The summed E-state index contributed by atoms with van der Waals surface area (Å²) in [7, 11) is 0. The van der Waals surface area contributed by atoms with Gasteiger partial charge in [0.05, 0.1) is 0 Å². The highest BCUT2D eigenvalue weighted by atomic mass is 15.2. The Kier molecular flexibility index (Phi) is 3.97. The van der Waals surface area contributed by atoms with E-state index in [4.69, 9.17) is 0 Å². The minimum atomic E-state index is 0.516. The molecule has 1 aromatic rings. The molecule has 0 aromatic carbocycles. The maximum absolute atomic E-state index is 4.49. The molecule has 2 atom stereocenters. The molecular weight excluding hydrogens is 246 g/mol. The molecule has 3 rings (SSSR count). The van der Waals surface area contributed by atoms with Crippen LogP contribution in [0.1, 0.15) is 44.4 Å². The number of aryl methyl sites for hydroxylation is 1. The summed E-state index contributed by atoms with van der Waals surface area (Å²) in [6.07, 6.45) is 6.38. The van der Waals surface area contributed by atoms with Gasteiger partial charge in [-0.25, -0.2) is 0 Å². The fraction of sp³-hybridized carbons (Fsp3) is 0.706. The van der Waals surface area contributed by atoms with Crippen molar-refractivity contribution in [2.75, 3.05) is 18.0 Å². The second kappa shape index (κ2) is 5.72. The van der Waals surface area contributed by atoms with Gasteiger partial charge in [-0.2, -0.15) is 0 Å². The predicted octanol–water partition coefficient (Wildman–Crippen LogP) is 3.12. The van der Waals surface area contributed by atoms with E-state index >= 15 is 0 Å². The van der Waals surface area contributed by atoms with E-state index in [0.29, 0.717) is 6.04 Å². The van der Waals surface area contributed by atoms with Gasteiger partial charge in [-0.15, -0.1) is 0 Å². The van der Waals surface area contributed by atoms with Crippen molar-refractivity contribution in [3.63, 3.8) is 0 Å². The quantitative estimate of drug-likeness (QED) is 0.913. The maximum Gasteiger partial charge on any atom is 0.0445 e. The fourth-order valence-electron chi connectivity index (χ4n) is 3.75. The summed E-state index contributed by atoms with van der Waals surface area (Å²) in [6, 6.07) is 2.79. The van der Waals surface area contributed by atoms with Gasteiger partial charge in [-0.1, -0.05) is 20.3 Å². The van der Waals surface area contributed by atoms with E-state index in [0.717, 1.165) is 24.1 Å². The van der Waals surface area contributed by atoms with Gasteiger partial charge in [0.25, 0.3) is 0 Å². The van der Waals surface area contributed by atoms with Gasteiger partial charge in [-0.3, -0.25) is 4.98 Å². The summed E-state index contributed by atoms with van der Waals surface area (Å²) in [5.74, 6) is 1.88. The molecule has 2 fully saturated rings. The molecule has 1 aliphatic heterocycles. The Morgan fingerprint density at radius 2 is 2.00 bits per heavy atom. The van der Waals surface area contributed by atoms with E-state index in [2.05, 4.69) is 48.2 Å². The van der Waals surface area contributed by atoms with Crippen molar-refractivity contribution in [2.45, 2.75) is 52.6 Å². The van der Waals surface area contributed by atoms with Crippen LogP contribution >= 0.6 is 0 Å². The molecule has 0 spiro atoms. The molecule has 2 unspecified atom stereocenters. The van der Waals surface area contributed by atoms with E-state index in [9.17, 15) is 0 Å². The van der Waals surface area contributed by atoms with Crippen molar-refractivity contribution >= 4 is 5.69 Å². The minimum absolute atomic E-state index is 0.516. The van der Waals surface area contributed by atoms with Crippen LogP contribution in [0.5, 0.6) is 0 Å². The summed E-state index contributed by atoms with van der Waals surface area (Å²) < 4.78 is 0. The highest BCUT2D eigenvalue weighted by molar-refractivity contribution is 5.54. The zero-order valence-corrected chi connectivity index (χ0v) is 13.0. The van der Waals surface area contributed by atoms with Gasteiger partial charge in [0.2, 0.25) is 0 Å². The zero-order chi connectivity index (χ0) is 14.1. The lowest BCUT2D eigenvalue weighted by atomic mass is 10.0. The number of rotatable bonds is 4. The van der Waals surface area contributed by atoms with Crippen molar-refractivity contribution in [3.8, 4) is 0 Å². The fourth-order valence-corrected chi connectivity index (χ4v) is 3.75. The van der Waals surface area contributed by atoms with E-state index in [-0.39, 0.29) is 0 Å². The van der Waals surface area contributed by atoms with Crippen LogP contribution in [0.25, 0.3) is 0 Å². The van der Waals surface area contributed by atoms with E-state index < -0.39 is 0 Å². The normalized spacial score (nSPS) is 25.5. The van der Waals surface area contributed by atoms with Crippen molar-refractivity contribution in [1.29, 1.82) is 0 Å². The lowest BCUT2D eigenvalue weighted by Gasteiger charge is -2.24. The molecule has 2 aliphatic rings. The average molecular weight is 273 g/mol. The molecule has 1 saturated carbocycles. The number of aromatic nitrogens is 1. The van der Waals surface area contributed by atoms with Gasteiger partial charge < -0.3 is 10.2 Å². The van der Waals surface area contributed by atoms with Crippen molar-refractivity contribution in [2.24, 2.45) is 11.8 Å². The van der Waals surface area contributed by atoms with Gasteiger partial charge in [0, 0.05) is 48.8 Å². The second-order valence-corrected chi connectivity index (χ2v) is 6.85. The number of nitrogens with one attached hydrogen (secondary N) is 1. The molecular formula is C17H27N3. The average Bonchev–Trinajstić information content (AvgIpc) is 2.97. The van der Waals surface area contributed by atoms with Crippen LogP contribution in [0.15, 0.2) is 12.3 Å². The first-order valence-corrected chi connectivity index (χ1v) is 8.07. The monoisotopic (exact) mass is 273 g/mol. The van der Waals surface area contributed by atoms with Crippen molar-refractivity contribution in [1.82, 2.24) is 10.3 Å². The third-order valence-electron chi connectivity index (χ3n) is 4.87. The van der Waals surface area contributed by atoms with E-state index in [1.165, 1.54) is 43.6 Å². The Morgan fingerprint density at radius 1 is 1.30 bits per heavy atom. The third kappa shape index (κ3) is 2.83. The van der Waals surface area contributed by atoms with Crippen LogP contribution in [0.3, 0.4) is 0 Å². The first kappa shape index (κ1) is 13.9. The summed E-state index contributed by atoms with van der Waals surface area (Å²) in [4.78, 5) is 7.11. The molecule has 1 N–H and O–H groups in total. The molecule has 1 saturated heterocycles. The first-order chi connectivity index (χ1) is 9.63. The summed E-state index contributed by atoms with van der Waals surface area (Å²) in [6.45, 7) is 9.92. The number of fused-ring (bicyclic) bond motifs is 1. The maximum atomic E-state index is 4.49. The van der Waals surface area contributed by atoms with Crippen LogP contribution in [0.2, 0.25) is 0 Å². The minimum Gasteiger partial charge on any atom is -0.371 e. The first-order valence-electron chi connectivity index (χ1n) is 8.07. The van der Waals surface area contributed by atoms with Crippen LogP contribution in [-0.4, -0.2) is 24.1 Å². The lowest BCUT2D eigenvalue weighted by Crippen LogP contribution is -2.26. The van der Waals surface area contributed by atoms with Crippen LogP contribution in [0, 0.1) is 18.8 Å². The smallest absolute Gasteiger partial charge is 0.0445 e. The zero-order valence-electron chi connectivity index (χ0n) is 13.0. The standard InChI is InChI=1S/C17H27N3/c1-12(2)18-8-16-9-19-13(3)7-17(16)20-10-14-5-4-6-15(14)11-20/h7,9,12,14-15,18H,4-6,8,10-11H2,1-3H3. The Bertz CT molecular complexity index is 457. The SMILES string of the molecule is Cc1cc(N2CC3CCCC3C2)c(CNC(C)C)cn1. The molecule has 3 heteroatoms. The Balaban J connectivity index is 1.78. The molecule has 1 aromatic heterocycles. The largest absolute Gasteiger partial charge is 0.371 e.